The molecule has 1 amide bonds. The highest BCUT2D eigenvalue weighted by Gasteiger charge is 2.10. The summed E-state index contributed by atoms with van der Waals surface area (Å²) in [5, 5.41) is 13.6. The molecule has 0 bridgehead atoms. The lowest BCUT2D eigenvalue weighted by Crippen LogP contribution is -2.13. The lowest BCUT2D eigenvalue weighted by molar-refractivity contribution is -0.136. The molecule has 1 heterocycles. The quantitative estimate of drug-likeness (QED) is 0.608. The number of nitrogens with two attached hydrogens (primary N) is 1. The zero-order chi connectivity index (χ0) is 17.8. The van der Waals surface area contributed by atoms with Crippen LogP contribution in [0.4, 0.5) is 11.4 Å². The Morgan fingerprint density at radius 2 is 1.84 bits per heavy atom. The highest BCUT2D eigenvalue weighted by atomic mass is 32.1. The molecular weight excluding hydrogens is 336 g/mol. The molecule has 0 saturated heterocycles. The number of nitrogen functional groups attached to an aromatic ring is 1. The first kappa shape index (κ1) is 16.7. The number of rotatable bonds is 5. The molecule has 3 aromatic rings. The van der Waals surface area contributed by atoms with Crippen molar-refractivity contribution in [2.24, 2.45) is 0 Å². The summed E-state index contributed by atoms with van der Waals surface area (Å²) in [4.78, 5) is 24.2. The van der Waals surface area contributed by atoms with Gasteiger partial charge in [0.1, 0.15) is 0 Å². The van der Waals surface area contributed by atoms with Crippen LogP contribution in [0.15, 0.2) is 60.0 Å². The van der Waals surface area contributed by atoms with Gasteiger partial charge in [-0.25, -0.2) is 0 Å². The van der Waals surface area contributed by atoms with E-state index in [1.54, 1.807) is 41.7 Å². The minimum atomic E-state index is -0.907. The molecule has 0 unspecified atom stereocenters. The second-order valence-corrected chi connectivity index (χ2v) is 6.45. The number of carboxylic acid groups (broad SMARTS) is 1. The van der Waals surface area contributed by atoms with Gasteiger partial charge in [0, 0.05) is 10.4 Å². The van der Waals surface area contributed by atoms with Crippen LogP contribution < -0.4 is 11.1 Å². The molecule has 4 N–H and O–H groups in total. The van der Waals surface area contributed by atoms with Crippen LogP contribution in [0.5, 0.6) is 0 Å². The van der Waals surface area contributed by atoms with Crippen LogP contribution in [0, 0.1) is 0 Å². The van der Waals surface area contributed by atoms with Gasteiger partial charge >= 0.3 is 5.97 Å². The molecule has 0 fully saturated rings. The van der Waals surface area contributed by atoms with Crippen LogP contribution in [-0.4, -0.2) is 17.0 Å². The van der Waals surface area contributed by atoms with Gasteiger partial charge in [0.15, 0.2) is 0 Å². The van der Waals surface area contributed by atoms with E-state index >= 15 is 0 Å². The predicted octanol–water partition coefficient (Wildman–Crippen LogP) is 3.88. The maximum absolute atomic E-state index is 12.4. The van der Waals surface area contributed by atoms with Gasteiger partial charge in [0.25, 0.3) is 5.91 Å². The number of anilines is 2. The second kappa shape index (κ2) is 7.19. The van der Waals surface area contributed by atoms with Gasteiger partial charge in [-0.05, 0) is 46.8 Å². The normalized spacial score (nSPS) is 10.4. The fourth-order valence-electron chi connectivity index (χ4n) is 2.40. The smallest absolute Gasteiger partial charge is 0.307 e. The fourth-order valence-corrected chi connectivity index (χ4v) is 3.13. The van der Waals surface area contributed by atoms with Crippen LogP contribution >= 0.6 is 11.3 Å². The zero-order valence-electron chi connectivity index (χ0n) is 13.2. The van der Waals surface area contributed by atoms with Crippen LogP contribution in [0.1, 0.15) is 15.9 Å². The highest BCUT2D eigenvalue weighted by molar-refractivity contribution is 7.13. The number of thiophene rings is 1. The Labute approximate surface area is 148 Å². The van der Waals surface area contributed by atoms with Crippen LogP contribution in [-0.2, 0) is 11.2 Å². The maximum Gasteiger partial charge on any atom is 0.307 e. The van der Waals surface area contributed by atoms with Crippen molar-refractivity contribution in [3.8, 4) is 10.4 Å². The van der Waals surface area contributed by atoms with Crippen LogP contribution in [0.2, 0.25) is 0 Å². The molecule has 0 radical (unpaired) electrons. The molecule has 1 aromatic heterocycles. The Kier molecular flexibility index (Phi) is 4.81. The van der Waals surface area contributed by atoms with Gasteiger partial charge in [-0.1, -0.05) is 24.3 Å². The highest BCUT2D eigenvalue weighted by Crippen LogP contribution is 2.30. The minimum Gasteiger partial charge on any atom is -0.481 e. The molecule has 5 nitrogen and oxygen atoms in total. The second-order valence-electron chi connectivity index (χ2n) is 5.50. The molecule has 0 aliphatic rings. The van der Waals surface area contributed by atoms with Crippen LogP contribution in [0.3, 0.4) is 0 Å². The summed E-state index contributed by atoms with van der Waals surface area (Å²) in [5.74, 6) is -1.20. The average Bonchev–Trinajstić information content (AvgIpc) is 3.11. The van der Waals surface area contributed by atoms with Gasteiger partial charge in [-0.3, -0.25) is 9.59 Å². The van der Waals surface area contributed by atoms with Crippen molar-refractivity contribution in [3.63, 3.8) is 0 Å². The van der Waals surface area contributed by atoms with E-state index in [1.807, 2.05) is 29.6 Å². The maximum atomic E-state index is 12.4. The Hall–Kier alpha value is -3.12. The summed E-state index contributed by atoms with van der Waals surface area (Å²) in [6, 6.07) is 16.0. The molecule has 6 heteroatoms. The fraction of sp³-hybridized carbons (Fsp3) is 0.0526. The number of carbonyl (C=O) groups excluding carboxylic acids is 1. The topological polar surface area (TPSA) is 92.4 Å². The van der Waals surface area contributed by atoms with Gasteiger partial charge in [0.2, 0.25) is 0 Å². The molecule has 0 atom stereocenters. The summed E-state index contributed by atoms with van der Waals surface area (Å²) < 4.78 is 0. The standard InChI is InChI=1S/C19H16N2O3S/c20-15-8-7-14(17-2-1-9-25-17)11-16(15)21-19(24)13-5-3-12(4-6-13)10-18(22)23/h1-9,11H,10,20H2,(H,21,24)(H,22,23). The van der Waals surface area contributed by atoms with E-state index in [0.717, 1.165) is 10.4 Å². The third-order valence-electron chi connectivity index (χ3n) is 3.68. The van der Waals surface area contributed by atoms with Crippen molar-refractivity contribution in [1.82, 2.24) is 0 Å². The summed E-state index contributed by atoms with van der Waals surface area (Å²) >= 11 is 1.61. The molecule has 0 spiro atoms. The molecule has 0 aliphatic carbocycles. The number of aliphatic carboxylic acids is 1. The van der Waals surface area contributed by atoms with Crippen molar-refractivity contribution in [1.29, 1.82) is 0 Å². The Balaban J connectivity index is 1.78. The van der Waals surface area contributed by atoms with E-state index in [0.29, 0.717) is 22.5 Å². The molecule has 126 valence electrons. The van der Waals surface area contributed by atoms with E-state index in [2.05, 4.69) is 5.32 Å². The third-order valence-corrected chi connectivity index (χ3v) is 4.60. The van der Waals surface area contributed by atoms with E-state index in [9.17, 15) is 9.59 Å². The number of hydrogen-bond donors (Lipinski definition) is 3. The first-order valence-corrected chi connectivity index (χ1v) is 8.46. The first-order chi connectivity index (χ1) is 12.0. The Bertz CT molecular complexity index is 903. The lowest BCUT2D eigenvalue weighted by Gasteiger charge is -2.10. The predicted molar refractivity (Wildman–Crippen MR) is 99.9 cm³/mol. The average molecular weight is 352 g/mol. The van der Waals surface area contributed by atoms with Gasteiger partial charge in [-0.15, -0.1) is 11.3 Å². The molecular formula is C19H16N2O3S. The molecule has 2 aromatic carbocycles. The SMILES string of the molecule is Nc1ccc(-c2cccs2)cc1NC(=O)c1ccc(CC(=O)O)cc1. The number of nitrogens with one attached hydrogen (secondary N) is 1. The molecule has 0 aliphatic heterocycles. The van der Waals surface area contributed by atoms with Crippen molar-refractivity contribution >= 4 is 34.6 Å². The van der Waals surface area contributed by atoms with Crippen molar-refractivity contribution < 1.29 is 14.7 Å². The lowest BCUT2D eigenvalue weighted by atomic mass is 10.1. The molecule has 0 saturated carbocycles. The van der Waals surface area contributed by atoms with Gasteiger partial charge in [-0.2, -0.15) is 0 Å². The summed E-state index contributed by atoms with van der Waals surface area (Å²) in [5.41, 5.74) is 9.07. The third kappa shape index (κ3) is 4.05. The van der Waals surface area contributed by atoms with Crippen LogP contribution in [0.25, 0.3) is 10.4 Å². The largest absolute Gasteiger partial charge is 0.481 e. The molecule has 25 heavy (non-hydrogen) atoms. The summed E-state index contributed by atoms with van der Waals surface area (Å²) in [7, 11) is 0. The number of amides is 1. The van der Waals surface area contributed by atoms with Crippen molar-refractivity contribution in [3.05, 3.63) is 71.1 Å². The van der Waals surface area contributed by atoms with E-state index < -0.39 is 5.97 Å². The zero-order valence-corrected chi connectivity index (χ0v) is 14.0. The Morgan fingerprint density at radius 3 is 2.48 bits per heavy atom. The number of hydrogen-bond acceptors (Lipinski definition) is 4. The van der Waals surface area contributed by atoms with E-state index in [-0.39, 0.29) is 12.3 Å². The van der Waals surface area contributed by atoms with Gasteiger partial charge in [0.05, 0.1) is 17.8 Å². The van der Waals surface area contributed by atoms with E-state index in [4.69, 9.17) is 10.8 Å². The number of carboxylic acids is 1. The monoisotopic (exact) mass is 352 g/mol. The van der Waals surface area contributed by atoms with Crippen molar-refractivity contribution in [2.45, 2.75) is 6.42 Å². The summed E-state index contributed by atoms with van der Waals surface area (Å²) in [6.07, 6.45) is -0.0717. The summed E-state index contributed by atoms with van der Waals surface area (Å²) in [6.45, 7) is 0. The minimum absolute atomic E-state index is 0.0717. The molecule has 3 rings (SSSR count). The first-order valence-electron chi connectivity index (χ1n) is 7.58. The van der Waals surface area contributed by atoms with E-state index in [1.165, 1.54) is 0 Å². The number of benzene rings is 2. The van der Waals surface area contributed by atoms with Crippen molar-refractivity contribution in [2.75, 3.05) is 11.1 Å². The van der Waals surface area contributed by atoms with Gasteiger partial charge < -0.3 is 16.2 Å². The Morgan fingerprint density at radius 1 is 1.08 bits per heavy atom. The number of carbonyl (C=O) groups is 2.